The van der Waals surface area contributed by atoms with Crippen molar-refractivity contribution in [1.82, 2.24) is 15.0 Å². The molecule has 2 aromatic heterocycles. The molecule has 31 heavy (non-hydrogen) atoms. The molecule has 8 heteroatoms. The summed E-state index contributed by atoms with van der Waals surface area (Å²) in [6.45, 7) is 3.10. The van der Waals surface area contributed by atoms with Crippen molar-refractivity contribution < 1.29 is 9.47 Å². The van der Waals surface area contributed by atoms with Gasteiger partial charge in [0.1, 0.15) is 11.6 Å². The van der Waals surface area contributed by atoms with Gasteiger partial charge in [-0.2, -0.15) is 4.98 Å². The Labute approximate surface area is 180 Å². The van der Waals surface area contributed by atoms with E-state index in [1.54, 1.807) is 13.3 Å². The lowest BCUT2D eigenvalue weighted by molar-refractivity contribution is 0.122. The number of fused-ring (bicyclic) bond motifs is 1. The first-order valence-corrected chi connectivity index (χ1v) is 10.2. The van der Waals surface area contributed by atoms with E-state index in [9.17, 15) is 0 Å². The van der Waals surface area contributed by atoms with Crippen molar-refractivity contribution >= 4 is 39.7 Å². The highest BCUT2D eigenvalue weighted by Gasteiger charge is 2.16. The topological polar surface area (TPSA) is 87.3 Å². The zero-order valence-electron chi connectivity index (χ0n) is 17.3. The van der Waals surface area contributed by atoms with Crippen molar-refractivity contribution in [2.24, 2.45) is 0 Å². The molecule has 0 unspecified atom stereocenters. The number of morpholine rings is 1. The average molecular weight is 416 g/mol. The van der Waals surface area contributed by atoms with Gasteiger partial charge in [0, 0.05) is 47.8 Å². The van der Waals surface area contributed by atoms with Crippen molar-refractivity contribution in [3.05, 3.63) is 60.9 Å². The van der Waals surface area contributed by atoms with Crippen LogP contribution in [-0.4, -0.2) is 48.4 Å². The Morgan fingerprint density at radius 2 is 1.84 bits per heavy atom. The summed E-state index contributed by atoms with van der Waals surface area (Å²) < 4.78 is 11.0. The minimum Gasteiger partial charge on any atom is -0.495 e. The lowest BCUT2D eigenvalue weighted by Crippen LogP contribution is -2.36. The zero-order chi connectivity index (χ0) is 21.0. The van der Waals surface area contributed by atoms with Crippen LogP contribution in [0.15, 0.2) is 60.9 Å². The number of benzene rings is 2. The molecular formula is C23H24N6O2. The number of anilines is 5. The van der Waals surface area contributed by atoms with Gasteiger partial charge in [0.15, 0.2) is 0 Å². The third kappa shape index (κ3) is 4.24. The predicted molar refractivity (Wildman–Crippen MR) is 123 cm³/mol. The summed E-state index contributed by atoms with van der Waals surface area (Å²) in [6.07, 6.45) is 3.67. The smallest absolute Gasteiger partial charge is 0.229 e. The number of methoxy groups -OCH3 is 1. The van der Waals surface area contributed by atoms with Crippen LogP contribution < -0.4 is 20.3 Å². The van der Waals surface area contributed by atoms with Crippen LogP contribution in [0.3, 0.4) is 0 Å². The van der Waals surface area contributed by atoms with E-state index in [0.29, 0.717) is 25.0 Å². The Morgan fingerprint density at radius 3 is 2.71 bits per heavy atom. The Hall–Kier alpha value is -3.78. The number of hydrogen-bond donors (Lipinski definition) is 3. The summed E-state index contributed by atoms with van der Waals surface area (Å²) in [4.78, 5) is 14.4. The summed E-state index contributed by atoms with van der Waals surface area (Å²) in [5.74, 6) is 2.07. The molecule has 0 bridgehead atoms. The monoisotopic (exact) mass is 416 g/mol. The van der Waals surface area contributed by atoms with Crippen LogP contribution in [-0.2, 0) is 4.74 Å². The summed E-state index contributed by atoms with van der Waals surface area (Å²) in [7, 11) is 1.69. The summed E-state index contributed by atoms with van der Waals surface area (Å²) in [5, 5.41) is 7.80. The number of hydrogen-bond acceptors (Lipinski definition) is 7. The van der Waals surface area contributed by atoms with Crippen LogP contribution in [0.5, 0.6) is 5.75 Å². The van der Waals surface area contributed by atoms with E-state index >= 15 is 0 Å². The molecule has 3 N–H and O–H groups in total. The molecule has 0 radical (unpaired) electrons. The lowest BCUT2D eigenvalue weighted by Gasteiger charge is -2.30. The molecule has 2 aromatic carbocycles. The van der Waals surface area contributed by atoms with E-state index < -0.39 is 0 Å². The van der Waals surface area contributed by atoms with Gasteiger partial charge in [0.05, 0.1) is 26.0 Å². The highest BCUT2D eigenvalue weighted by molar-refractivity contribution is 5.83. The minimum absolute atomic E-state index is 0.519. The second-order valence-corrected chi connectivity index (χ2v) is 7.28. The summed E-state index contributed by atoms with van der Waals surface area (Å²) in [5.41, 5.74) is 4.00. The largest absolute Gasteiger partial charge is 0.495 e. The molecule has 1 aliphatic heterocycles. The van der Waals surface area contributed by atoms with Crippen molar-refractivity contribution in [3.63, 3.8) is 0 Å². The van der Waals surface area contributed by atoms with E-state index in [4.69, 9.17) is 9.47 Å². The Kier molecular flexibility index (Phi) is 5.28. The van der Waals surface area contributed by atoms with Crippen LogP contribution in [0.25, 0.3) is 10.9 Å². The van der Waals surface area contributed by atoms with Gasteiger partial charge in [-0.05, 0) is 48.5 Å². The van der Waals surface area contributed by atoms with Gasteiger partial charge in [0.25, 0.3) is 0 Å². The van der Waals surface area contributed by atoms with E-state index in [1.165, 1.54) is 0 Å². The molecule has 5 rings (SSSR count). The van der Waals surface area contributed by atoms with E-state index in [-0.39, 0.29) is 0 Å². The third-order valence-corrected chi connectivity index (χ3v) is 5.27. The average Bonchev–Trinajstić information content (AvgIpc) is 3.28. The zero-order valence-corrected chi connectivity index (χ0v) is 17.3. The molecule has 8 nitrogen and oxygen atoms in total. The van der Waals surface area contributed by atoms with Crippen molar-refractivity contribution in [3.8, 4) is 5.75 Å². The molecule has 0 spiro atoms. The summed E-state index contributed by atoms with van der Waals surface area (Å²) >= 11 is 0. The molecule has 0 saturated carbocycles. The second-order valence-electron chi connectivity index (χ2n) is 7.28. The lowest BCUT2D eigenvalue weighted by atomic mass is 10.2. The standard InChI is InChI=1S/C23H24N6O2/c1-30-21-5-3-18(15-20(21)29-10-12-31-13-11-29)27-23-25-9-7-22(28-23)26-17-2-4-19-16(14-17)6-8-24-19/h2-9,14-15,24H,10-13H2,1H3,(H2,25,26,27,28). The number of aromatic amines is 1. The van der Waals surface area contributed by atoms with Crippen molar-refractivity contribution in [2.45, 2.75) is 0 Å². The highest BCUT2D eigenvalue weighted by Crippen LogP contribution is 2.32. The minimum atomic E-state index is 0.519. The Bertz CT molecular complexity index is 1190. The Morgan fingerprint density at radius 1 is 1.00 bits per heavy atom. The highest BCUT2D eigenvalue weighted by atomic mass is 16.5. The quantitative estimate of drug-likeness (QED) is 0.432. The SMILES string of the molecule is COc1ccc(Nc2nccc(Nc3ccc4[nH]ccc4c3)n2)cc1N1CCOCC1. The maximum Gasteiger partial charge on any atom is 0.229 e. The van der Waals surface area contributed by atoms with Crippen LogP contribution in [0.4, 0.5) is 28.8 Å². The van der Waals surface area contributed by atoms with E-state index in [1.807, 2.05) is 42.6 Å². The maximum atomic E-state index is 5.56. The van der Waals surface area contributed by atoms with Gasteiger partial charge >= 0.3 is 0 Å². The second kappa shape index (κ2) is 8.53. The third-order valence-electron chi connectivity index (χ3n) is 5.27. The van der Waals surface area contributed by atoms with Gasteiger partial charge in [0.2, 0.25) is 5.95 Å². The molecular weight excluding hydrogens is 392 g/mol. The van der Waals surface area contributed by atoms with Gasteiger partial charge in [-0.25, -0.2) is 4.98 Å². The Balaban J connectivity index is 1.35. The molecule has 1 fully saturated rings. The molecule has 1 saturated heterocycles. The van der Waals surface area contributed by atoms with Crippen molar-refractivity contribution in [1.29, 1.82) is 0 Å². The number of nitrogens with zero attached hydrogens (tertiary/aromatic N) is 3. The van der Waals surface area contributed by atoms with Gasteiger partial charge in [-0.1, -0.05) is 0 Å². The van der Waals surface area contributed by atoms with Gasteiger partial charge in [-0.3, -0.25) is 0 Å². The van der Waals surface area contributed by atoms with Crippen molar-refractivity contribution in [2.75, 3.05) is 48.9 Å². The van der Waals surface area contributed by atoms with Crippen LogP contribution in [0, 0.1) is 0 Å². The molecule has 4 aromatic rings. The molecule has 0 aliphatic carbocycles. The van der Waals surface area contributed by atoms with E-state index in [0.717, 1.165) is 46.8 Å². The van der Waals surface area contributed by atoms with Gasteiger partial charge < -0.3 is 30.0 Å². The molecule has 0 amide bonds. The van der Waals surface area contributed by atoms with Crippen LogP contribution in [0.1, 0.15) is 0 Å². The number of aromatic nitrogens is 3. The summed E-state index contributed by atoms with van der Waals surface area (Å²) in [6, 6.07) is 16.0. The molecule has 0 atom stereocenters. The fourth-order valence-electron chi connectivity index (χ4n) is 3.72. The number of ether oxygens (including phenoxy) is 2. The molecule has 158 valence electrons. The first kappa shape index (κ1) is 19.2. The number of nitrogens with one attached hydrogen (secondary N) is 3. The van der Waals surface area contributed by atoms with Crippen LogP contribution >= 0.6 is 0 Å². The maximum absolute atomic E-state index is 5.56. The van der Waals surface area contributed by atoms with E-state index in [2.05, 4.69) is 42.6 Å². The normalized spacial score (nSPS) is 13.9. The fourth-order valence-corrected chi connectivity index (χ4v) is 3.72. The first-order valence-electron chi connectivity index (χ1n) is 10.2. The van der Waals surface area contributed by atoms with Gasteiger partial charge in [-0.15, -0.1) is 0 Å². The molecule has 1 aliphatic rings. The fraction of sp³-hybridized carbons (Fsp3) is 0.217. The number of H-pyrrole nitrogens is 1. The molecule has 3 heterocycles. The predicted octanol–water partition coefficient (Wildman–Crippen LogP) is 4.29. The number of rotatable bonds is 6. The van der Waals surface area contributed by atoms with Crippen LogP contribution in [0.2, 0.25) is 0 Å². The first-order chi connectivity index (χ1) is 15.3.